The van der Waals surface area contributed by atoms with Crippen molar-refractivity contribution >= 4 is 29.0 Å². The molecule has 2 N–H and O–H groups in total. The molecule has 0 heterocycles. The minimum Gasteiger partial charge on any atom is -0.454 e. The first kappa shape index (κ1) is 15.9. The number of carbonyl (C=O) groups excluding carboxylic acids is 2. The molecule has 0 amide bonds. The van der Waals surface area contributed by atoms with Gasteiger partial charge in [0.15, 0.2) is 12.4 Å². The average molecular weight is 348 g/mol. The fraction of sp³-hybridized carbons (Fsp3) is 0.579. The van der Waals surface area contributed by atoms with Crippen LogP contribution in [0.2, 0.25) is 5.02 Å². The summed E-state index contributed by atoms with van der Waals surface area (Å²) in [5, 5.41) is 0.420. The number of rotatable bonds is 4. The van der Waals surface area contributed by atoms with Crippen LogP contribution in [0.1, 0.15) is 48.9 Å². The summed E-state index contributed by atoms with van der Waals surface area (Å²) in [4.78, 5) is 25.1. The Bertz CT molecular complexity index is 665. The van der Waals surface area contributed by atoms with E-state index in [4.69, 9.17) is 22.1 Å². The van der Waals surface area contributed by atoms with Crippen LogP contribution in [0.25, 0.3) is 0 Å². The molecule has 0 aliphatic heterocycles. The Labute approximate surface area is 146 Å². The topological polar surface area (TPSA) is 69.4 Å². The van der Waals surface area contributed by atoms with Gasteiger partial charge in [0.1, 0.15) is 0 Å². The average Bonchev–Trinajstić information content (AvgIpc) is 2.53. The van der Waals surface area contributed by atoms with Crippen LogP contribution in [-0.2, 0) is 9.53 Å². The molecule has 4 fully saturated rings. The number of ketones is 1. The lowest BCUT2D eigenvalue weighted by molar-refractivity contribution is -0.147. The minimum atomic E-state index is -0.576. The van der Waals surface area contributed by atoms with E-state index in [9.17, 15) is 9.59 Å². The third-order valence-electron chi connectivity index (χ3n) is 6.20. The summed E-state index contributed by atoms with van der Waals surface area (Å²) in [6, 6.07) is 4.67. The van der Waals surface area contributed by atoms with Gasteiger partial charge >= 0.3 is 5.97 Å². The molecular weight excluding hydrogens is 326 g/mol. The van der Waals surface area contributed by atoms with Crippen LogP contribution in [0.15, 0.2) is 18.2 Å². The van der Waals surface area contributed by atoms with E-state index in [1.54, 1.807) is 12.1 Å². The first-order valence-electron chi connectivity index (χ1n) is 8.71. The smallest absolute Gasteiger partial charge is 0.340 e. The van der Waals surface area contributed by atoms with Crippen molar-refractivity contribution in [2.45, 2.75) is 38.5 Å². The Morgan fingerprint density at radius 1 is 1.12 bits per heavy atom. The van der Waals surface area contributed by atoms with Crippen molar-refractivity contribution in [1.29, 1.82) is 0 Å². The molecule has 4 nitrogen and oxygen atoms in total. The largest absolute Gasteiger partial charge is 0.454 e. The van der Waals surface area contributed by atoms with Crippen molar-refractivity contribution in [1.82, 2.24) is 0 Å². The highest BCUT2D eigenvalue weighted by molar-refractivity contribution is 6.31. The number of hydrogen-bond acceptors (Lipinski definition) is 4. The maximum atomic E-state index is 12.8. The van der Waals surface area contributed by atoms with Crippen molar-refractivity contribution in [3.05, 3.63) is 28.8 Å². The van der Waals surface area contributed by atoms with Gasteiger partial charge in [-0.15, -0.1) is 0 Å². The highest BCUT2D eigenvalue weighted by atomic mass is 35.5. The lowest BCUT2D eigenvalue weighted by Crippen LogP contribution is -2.51. The van der Waals surface area contributed by atoms with Gasteiger partial charge in [0.05, 0.1) is 5.56 Å². The van der Waals surface area contributed by atoms with E-state index >= 15 is 0 Å². The van der Waals surface area contributed by atoms with E-state index in [0.717, 1.165) is 19.3 Å². The summed E-state index contributed by atoms with van der Waals surface area (Å²) in [5.74, 6) is 1.60. The molecule has 4 aliphatic rings. The Balaban J connectivity index is 1.43. The summed E-state index contributed by atoms with van der Waals surface area (Å²) in [7, 11) is 0. The van der Waals surface area contributed by atoms with E-state index in [0.29, 0.717) is 28.5 Å². The number of halogens is 1. The summed E-state index contributed by atoms with van der Waals surface area (Å²) in [6.45, 7) is -0.156. The van der Waals surface area contributed by atoms with Gasteiger partial charge in [-0.05, 0) is 74.5 Å². The van der Waals surface area contributed by atoms with Gasteiger partial charge in [0.2, 0.25) is 0 Å². The van der Waals surface area contributed by atoms with Crippen molar-refractivity contribution in [3.63, 3.8) is 0 Å². The van der Waals surface area contributed by atoms with Crippen LogP contribution >= 0.6 is 11.6 Å². The normalized spacial score (nSPS) is 33.5. The highest BCUT2D eigenvalue weighted by Gasteiger charge is 2.54. The molecule has 4 saturated carbocycles. The van der Waals surface area contributed by atoms with Crippen molar-refractivity contribution in [3.8, 4) is 0 Å². The van der Waals surface area contributed by atoms with Crippen LogP contribution in [-0.4, -0.2) is 18.4 Å². The molecule has 0 saturated heterocycles. The molecule has 0 unspecified atom stereocenters. The van der Waals surface area contributed by atoms with Crippen LogP contribution in [0.3, 0.4) is 0 Å². The Kier molecular flexibility index (Phi) is 3.83. The van der Waals surface area contributed by atoms with E-state index in [2.05, 4.69) is 0 Å². The van der Waals surface area contributed by atoms with Gasteiger partial charge in [-0.1, -0.05) is 11.6 Å². The quantitative estimate of drug-likeness (QED) is 0.663. The number of nitrogens with two attached hydrogens (primary N) is 1. The lowest BCUT2D eigenvalue weighted by Gasteiger charge is -2.55. The fourth-order valence-corrected chi connectivity index (χ4v) is 5.69. The number of Topliss-reactive ketones (excluding diaryl/α,β-unsaturated/α-hetero) is 1. The molecule has 5 heteroatoms. The van der Waals surface area contributed by atoms with Crippen molar-refractivity contribution < 1.29 is 14.3 Å². The first-order valence-corrected chi connectivity index (χ1v) is 9.08. The van der Waals surface area contributed by atoms with Gasteiger partial charge in [-0.25, -0.2) is 4.79 Å². The molecule has 128 valence electrons. The van der Waals surface area contributed by atoms with Crippen molar-refractivity contribution in [2.75, 3.05) is 12.3 Å². The van der Waals surface area contributed by atoms with Crippen LogP contribution in [0.5, 0.6) is 0 Å². The van der Waals surface area contributed by atoms with Crippen molar-refractivity contribution in [2.24, 2.45) is 23.2 Å². The molecule has 0 atom stereocenters. The monoisotopic (exact) mass is 347 g/mol. The number of nitrogen functional groups attached to an aromatic ring is 1. The summed E-state index contributed by atoms with van der Waals surface area (Å²) in [6.07, 6.45) is 6.79. The van der Waals surface area contributed by atoms with Crippen LogP contribution in [0.4, 0.5) is 5.69 Å². The molecule has 5 rings (SSSR count). The summed E-state index contributed by atoms with van der Waals surface area (Å²) >= 11 is 5.90. The second-order valence-corrected chi connectivity index (χ2v) is 8.37. The molecule has 0 radical (unpaired) electrons. The minimum absolute atomic E-state index is 0.0931. The highest BCUT2D eigenvalue weighted by Crippen LogP contribution is 2.60. The summed E-state index contributed by atoms with van der Waals surface area (Å²) in [5.41, 5.74) is 6.09. The molecular formula is C19H22ClNO3. The number of benzene rings is 1. The third-order valence-corrected chi connectivity index (χ3v) is 6.43. The van der Waals surface area contributed by atoms with E-state index < -0.39 is 5.97 Å². The number of anilines is 1. The van der Waals surface area contributed by atoms with Gasteiger partial charge < -0.3 is 10.5 Å². The first-order chi connectivity index (χ1) is 11.4. The van der Waals surface area contributed by atoms with Gasteiger partial charge in [0, 0.05) is 16.1 Å². The second kappa shape index (κ2) is 5.76. The molecule has 1 aromatic carbocycles. The lowest BCUT2D eigenvalue weighted by atomic mass is 9.48. The molecule has 4 bridgehead atoms. The summed E-state index contributed by atoms with van der Waals surface area (Å²) < 4.78 is 5.29. The number of carbonyl (C=O) groups is 2. The molecule has 24 heavy (non-hydrogen) atoms. The number of hydrogen-bond donors (Lipinski definition) is 1. The van der Waals surface area contributed by atoms with Gasteiger partial charge in [-0.3, -0.25) is 4.79 Å². The second-order valence-electron chi connectivity index (χ2n) is 7.93. The SMILES string of the molecule is Nc1ccc(Cl)cc1C(=O)OCC(=O)C12CC3CC(CC(C3)C1)C2. The van der Waals surface area contributed by atoms with E-state index in [1.165, 1.54) is 25.3 Å². The molecule has 0 spiro atoms. The maximum absolute atomic E-state index is 12.8. The Hall–Kier alpha value is -1.55. The van der Waals surface area contributed by atoms with E-state index in [-0.39, 0.29) is 23.4 Å². The van der Waals surface area contributed by atoms with Crippen LogP contribution < -0.4 is 5.73 Å². The molecule has 0 aromatic heterocycles. The predicted molar refractivity (Wildman–Crippen MR) is 91.8 cm³/mol. The van der Waals surface area contributed by atoms with E-state index in [1.807, 2.05) is 0 Å². The number of ether oxygens (including phenoxy) is 1. The Morgan fingerprint density at radius 3 is 2.29 bits per heavy atom. The zero-order valence-electron chi connectivity index (χ0n) is 13.6. The van der Waals surface area contributed by atoms with Gasteiger partial charge in [-0.2, -0.15) is 0 Å². The van der Waals surface area contributed by atoms with Crippen LogP contribution in [0, 0.1) is 23.2 Å². The predicted octanol–water partition coefficient (Wildman–Crippen LogP) is 3.86. The zero-order valence-corrected chi connectivity index (χ0v) is 14.3. The third kappa shape index (κ3) is 2.71. The zero-order chi connectivity index (χ0) is 16.9. The molecule has 4 aliphatic carbocycles. The standard InChI is InChI=1S/C19H22ClNO3/c20-14-1-2-16(21)15(6-14)18(23)24-10-17(22)19-7-11-3-12(8-19)5-13(4-11)9-19/h1-2,6,11-13H,3-5,7-10,21H2. The Morgan fingerprint density at radius 2 is 1.71 bits per heavy atom. The molecule has 1 aromatic rings. The number of esters is 1. The van der Waals surface area contributed by atoms with Gasteiger partial charge in [0.25, 0.3) is 0 Å². The maximum Gasteiger partial charge on any atom is 0.340 e. The fourth-order valence-electron chi connectivity index (χ4n) is 5.52.